The highest BCUT2D eigenvalue weighted by Crippen LogP contribution is 2.31. The van der Waals surface area contributed by atoms with Crippen molar-refractivity contribution in [3.8, 4) is 53.3 Å². The minimum atomic E-state index is -0.121. The van der Waals surface area contributed by atoms with Gasteiger partial charge in [0.1, 0.15) is 17.2 Å². The van der Waals surface area contributed by atoms with Crippen LogP contribution in [0.5, 0.6) is 17.2 Å². The maximum absolute atomic E-state index is 11.6. The number of hydrogen-bond donors (Lipinski definition) is 3. The van der Waals surface area contributed by atoms with Gasteiger partial charge in [0.05, 0.1) is 36.3 Å². The molecular formula is C50H52N6O3. The fraction of sp³-hybridized carbons (Fsp3) is 0.400. The largest absolute Gasteiger partial charge is 0.507 e. The molecule has 300 valence electrons. The molecule has 6 atom stereocenters. The zero-order valence-electron chi connectivity index (χ0n) is 34.0. The van der Waals surface area contributed by atoms with E-state index >= 15 is 0 Å². The van der Waals surface area contributed by atoms with E-state index in [1.165, 1.54) is 0 Å². The van der Waals surface area contributed by atoms with Gasteiger partial charge in [-0.05, 0) is 88.8 Å². The van der Waals surface area contributed by atoms with Crippen LogP contribution in [0.3, 0.4) is 0 Å². The van der Waals surface area contributed by atoms with Crippen LogP contribution in [-0.4, -0.2) is 88.9 Å². The van der Waals surface area contributed by atoms with Gasteiger partial charge in [0.25, 0.3) is 0 Å². The van der Waals surface area contributed by atoms with Crippen LogP contribution in [0.4, 0.5) is 0 Å². The van der Waals surface area contributed by atoms with Gasteiger partial charge in [-0.1, -0.05) is 56.3 Å². The van der Waals surface area contributed by atoms with E-state index < -0.39 is 0 Å². The molecule has 0 spiro atoms. The molecule has 3 N–H and O–H groups in total. The molecule has 6 bridgehead atoms. The second-order valence-corrected chi connectivity index (χ2v) is 15.8. The number of fused-ring (bicyclic) bond motifs is 9. The Labute approximate surface area is 348 Å². The number of phenolic OH excluding ortho intramolecular Hbond substituents is 3. The molecule has 9 nitrogen and oxygen atoms in total. The number of benzene rings is 3. The highest BCUT2D eigenvalue weighted by molar-refractivity contribution is 5.95. The number of terminal acetylenes is 1. The molecule has 0 radical (unpaired) electrons. The minimum Gasteiger partial charge on any atom is -0.507 e. The van der Waals surface area contributed by atoms with Crippen molar-refractivity contribution in [1.82, 2.24) is 0 Å². The van der Waals surface area contributed by atoms with Crippen molar-refractivity contribution < 1.29 is 15.3 Å². The molecule has 0 amide bonds. The molecule has 3 saturated carbocycles. The molecule has 7 rings (SSSR count). The number of nitrogens with zero attached hydrogens (tertiary/aromatic N) is 6. The first-order valence-electron chi connectivity index (χ1n) is 21.0. The van der Waals surface area contributed by atoms with E-state index in [1.54, 1.807) is 63.3 Å². The van der Waals surface area contributed by atoms with Crippen LogP contribution in [0.2, 0.25) is 0 Å². The lowest BCUT2D eigenvalue weighted by Crippen LogP contribution is -2.27. The molecule has 0 aromatic heterocycles. The van der Waals surface area contributed by atoms with E-state index in [2.05, 4.69) is 29.6 Å². The lowest BCUT2D eigenvalue weighted by Gasteiger charge is -2.26. The van der Waals surface area contributed by atoms with E-state index in [-0.39, 0.29) is 53.5 Å². The zero-order valence-corrected chi connectivity index (χ0v) is 34.0. The highest BCUT2D eigenvalue weighted by atomic mass is 16.3. The van der Waals surface area contributed by atoms with Crippen molar-refractivity contribution in [2.75, 3.05) is 0 Å². The Bertz CT molecular complexity index is 2240. The lowest BCUT2D eigenvalue weighted by molar-refractivity contribution is 0.389. The summed E-state index contributed by atoms with van der Waals surface area (Å²) in [7, 11) is 0. The summed E-state index contributed by atoms with van der Waals surface area (Å²) in [6.07, 6.45) is 27.5. The number of phenols is 3. The van der Waals surface area contributed by atoms with Crippen LogP contribution in [0.25, 0.3) is 0 Å². The van der Waals surface area contributed by atoms with Crippen molar-refractivity contribution in [3.63, 3.8) is 0 Å². The Kier molecular flexibility index (Phi) is 13.5. The molecule has 3 aromatic carbocycles. The third-order valence-corrected chi connectivity index (χ3v) is 11.7. The molecular weight excluding hydrogens is 733 g/mol. The van der Waals surface area contributed by atoms with Crippen molar-refractivity contribution in [2.24, 2.45) is 30.0 Å². The molecule has 9 heteroatoms. The van der Waals surface area contributed by atoms with E-state index in [0.717, 1.165) is 88.2 Å². The number of rotatable bonds is 0. The van der Waals surface area contributed by atoms with Crippen molar-refractivity contribution in [1.29, 1.82) is 0 Å². The van der Waals surface area contributed by atoms with Crippen LogP contribution in [0, 0.1) is 36.0 Å². The quantitative estimate of drug-likeness (QED) is 0.198. The van der Waals surface area contributed by atoms with E-state index in [9.17, 15) is 15.3 Å². The Hall–Kier alpha value is -6.24. The maximum Gasteiger partial charge on any atom is 0.133 e. The topological polar surface area (TPSA) is 135 Å². The maximum atomic E-state index is 11.6. The fourth-order valence-corrected chi connectivity index (χ4v) is 8.52. The van der Waals surface area contributed by atoms with Gasteiger partial charge in [0.2, 0.25) is 0 Å². The van der Waals surface area contributed by atoms with Crippen LogP contribution in [-0.2, 0) is 0 Å². The van der Waals surface area contributed by atoms with Gasteiger partial charge in [0.15, 0.2) is 0 Å². The summed E-state index contributed by atoms with van der Waals surface area (Å²) < 4.78 is 0. The first-order chi connectivity index (χ1) is 28.8. The molecule has 6 unspecified atom stereocenters. The second-order valence-electron chi connectivity index (χ2n) is 15.8. The lowest BCUT2D eigenvalue weighted by atomic mass is 9.91. The predicted octanol–water partition coefficient (Wildman–Crippen LogP) is 8.39. The number of hydrogen-bond acceptors (Lipinski definition) is 9. The van der Waals surface area contributed by atoms with Crippen LogP contribution in [0.15, 0.2) is 66.4 Å². The summed E-state index contributed by atoms with van der Waals surface area (Å²) in [4.78, 5) is 30.0. The van der Waals surface area contributed by atoms with Gasteiger partial charge in [-0.3, -0.25) is 30.0 Å². The Morgan fingerprint density at radius 2 is 0.627 bits per heavy atom. The van der Waals surface area contributed by atoms with Crippen molar-refractivity contribution in [3.05, 3.63) is 86.5 Å². The van der Waals surface area contributed by atoms with Crippen LogP contribution in [0.1, 0.15) is 141 Å². The fourth-order valence-electron chi connectivity index (χ4n) is 8.52. The third-order valence-electron chi connectivity index (χ3n) is 11.7. The van der Waals surface area contributed by atoms with Gasteiger partial charge < -0.3 is 15.3 Å². The summed E-state index contributed by atoms with van der Waals surface area (Å²) in [5, 5.41) is 34.7. The Morgan fingerprint density at radius 1 is 0.407 bits per heavy atom. The van der Waals surface area contributed by atoms with Gasteiger partial charge >= 0.3 is 0 Å². The summed E-state index contributed by atoms with van der Waals surface area (Å²) in [5.74, 6) is 15.2. The molecule has 59 heavy (non-hydrogen) atoms. The first kappa shape index (κ1) is 40.9. The highest BCUT2D eigenvalue weighted by Gasteiger charge is 2.27. The van der Waals surface area contributed by atoms with Crippen molar-refractivity contribution >= 4 is 37.3 Å². The average molecular weight is 785 g/mol. The van der Waals surface area contributed by atoms with Gasteiger partial charge in [0, 0.05) is 87.4 Å². The van der Waals surface area contributed by atoms with Gasteiger partial charge in [-0.15, -0.1) is 18.3 Å². The Balaban J connectivity index is 1.33. The number of aromatic hydroxyl groups is 3. The normalized spacial score (nSPS) is 27.4. The average Bonchev–Trinajstić information content (AvgIpc) is 3.25. The minimum absolute atomic E-state index is 0.0568. The molecule has 3 fully saturated rings. The van der Waals surface area contributed by atoms with E-state index in [0.29, 0.717) is 38.9 Å². The summed E-state index contributed by atoms with van der Waals surface area (Å²) >= 11 is 0. The first-order valence-corrected chi connectivity index (χ1v) is 21.0. The number of aliphatic imine (C=N–C) groups is 6. The van der Waals surface area contributed by atoms with Crippen LogP contribution >= 0.6 is 0 Å². The third kappa shape index (κ3) is 10.1. The van der Waals surface area contributed by atoms with E-state index in [4.69, 9.17) is 36.4 Å². The molecule has 4 aliphatic rings. The second kappa shape index (κ2) is 19.5. The monoisotopic (exact) mass is 784 g/mol. The molecule has 3 aromatic rings. The van der Waals surface area contributed by atoms with E-state index in [1.807, 2.05) is 24.3 Å². The van der Waals surface area contributed by atoms with Gasteiger partial charge in [-0.25, -0.2) is 0 Å². The smallest absolute Gasteiger partial charge is 0.133 e. The molecule has 1 aliphatic heterocycles. The Morgan fingerprint density at radius 3 is 0.831 bits per heavy atom. The summed E-state index contributed by atoms with van der Waals surface area (Å²) in [6, 6.07) is 10.2. The predicted molar refractivity (Wildman–Crippen MR) is 241 cm³/mol. The standard InChI is InChI=1S/C50H52N6O3/c1-4-13-34-23-38-29-53-44-17-9-7-15-42(44)51-27-36-21-33(6-3)22-37(48(36)57)28-52-43-16-8-10-18-45(43)54-30-39-24-35(14-5-2)26-41(50(39)59)32-56-47-20-12-11-19-46(47)55-31-40(25-34)49(38)58/h3,21-32,42-47,57-59H,7-12,15-20H2,1-2H3/b51-27+,52-28+,53-29+,54-30+,55-31+,56-32+. The zero-order chi connectivity index (χ0) is 41.1. The van der Waals surface area contributed by atoms with Crippen LogP contribution < -0.4 is 0 Å². The SMILES string of the molecule is C#Cc1cc2c(O)c(c1)/C=N/C1CCCCC1/N=C/c1cc(C#CC)cc(c1O)/C=N/C1CCCCC1/N=C/c1cc(C#CC)cc(c1O)/C=N/C1CCCCC1/N=C/2. The summed E-state index contributed by atoms with van der Waals surface area (Å²) in [5.41, 5.74) is 5.39. The molecule has 0 saturated heterocycles. The molecule has 1 heterocycles. The van der Waals surface area contributed by atoms with Crippen molar-refractivity contribution in [2.45, 2.75) is 127 Å². The summed E-state index contributed by atoms with van der Waals surface area (Å²) in [6.45, 7) is 3.57. The molecule has 3 aliphatic carbocycles. The van der Waals surface area contributed by atoms with Gasteiger partial charge in [-0.2, -0.15) is 0 Å².